The van der Waals surface area contributed by atoms with E-state index >= 15 is 0 Å². The molecular weight excluding hydrogens is 271 g/mol. The van der Waals surface area contributed by atoms with Crippen LogP contribution in [0.3, 0.4) is 0 Å². The lowest BCUT2D eigenvalue weighted by Crippen LogP contribution is -1.99. The number of ether oxygens (including phenoxy) is 1. The standard InChI is InChI=1S/C13H14N2O.2ClH/c1-16-12-4-2-10(3-5-12)13-6-7-15-9-11(13)8-14;;/h2-7,9H,8,14H2,1H3;2*1H. The van der Waals surface area contributed by atoms with Crippen molar-refractivity contribution >= 4 is 24.8 Å². The van der Waals surface area contributed by atoms with E-state index in [1.807, 2.05) is 30.3 Å². The van der Waals surface area contributed by atoms with Crippen LogP contribution >= 0.6 is 24.8 Å². The molecule has 0 unspecified atom stereocenters. The van der Waals surface area contributed by atoms with Crippen molar-refractivity contribution in [3.63, 3.8) is 0 Å². The van der Waals surface area contributed by atoms with E-state index in [-0.39, 0.29) is 24.8 Å². The monoisotopic (exact) mass is 286 g/mol. The van der Waals surface area contributed by atoms with Crippen molar-refractivity contribution in [3.05, 3.63) is 48.3 Å². The van der Waals surface area contributed by atoms with E-state index in [9.17, 15) is 0 Å². The zero-order chi connectivity index (χ0) is 11.4. The Morgan fingerprint density at radius 3 is 2.33 bits per heavy atom. The number of rotatable bonds is 3. The summed E-state index contributed by atoms with van der Waals surface area (Å²) in [6, 6.07) is 9.90. The summed E-state index contributed by atoms with van der Waals surface area (Å²) < 4.78 is 5.12. The predicted molar refractivity (Wildman–Crippen MR) is 78.6 cm³/mol. The lowest BCUT2D eigenvalue weighted by molar-refractivity contribution is 0.415. The van der Waals surface area contributed by atoms with Crippen molar-refractivity contribution in [2.24, 2.45) is 5.73 Å². The first-order valence-electron chi connectivity index (χ1n) is 5.12. The fourth-order valence-electron chi connectivity index (χ4n) is 1.64. The van der Waals surface area contributed by atoms with E-state index in [2.05, 4.69) is 4.98 Å². The second-order valence-corrected chi connectivity index (χ2v) is 3.47. The number of benzene rings is 1. The van der Waals surface area contributed by atoms with Crippen LogP contribution in [0.4, 0.5) is 0 Å². The number of methoxy groups -OCH3 is 1. The first-order valence-corrected chi connectivity index (χ1v) is 5.12. The number of pyridine rings is 1. The maximum Gasteiger partial charge on any atom is 0.118 e. The Balaban J connectivity index is 0.00000144. The summed E-state index contributed by atoms with van der Waals surface area (Å²) in [6.07, 6.45) is 3.58. The van der Waals surface area contributed by atoms with Crippen LogP contribution in [0.2, 0.25) is 0 Å². The predicted octanol–water partition coefficient (Wildman–Crippen LogP) is 3.06. The zero-order valence-corrected chi connectivity index (χ0v) is 11.6. The first-order chi connectivity index (χ1) is 7.85. The van der Waals surface area contributed by atoms with Gasteiger partial charge in [-0.1, -0.05) is 12.1 Å². The summed E-state index contributed by atoms with van der Waals surface area (Å²) in [6.45, 7) is 0.495. The Labute approximate surface area is 119 Å². The van der Waals surface area contributed by atoms with Crippen LogP contribution in [0.1, 0.15) is 5.56 Å². The molecule has 0 aliphatic carbocycles. The van der Waals surface area contributed by atoms with Crippen LogP contribution < -0.4 is 10.5 Å². The van der Waals surface area contributed by atoms with E-state index in [0.717, 1.165) is 22.4 Å². The van der Waals surface area contributed by atoms with E-state index < -0.39 is 0 Å². The molecule has 0 saturated heterocycles. The quantitative estimate of drug-likeness (QED) is 0.943. The fraction of sp³-hybridized carbons (Fsp3) is 0.154. The van der Waals surface area contributed by atoms with E-state index in [1.54, 1.807) is 19.5 Å². The number of halogens is 2. The molecule has 2 N–H and O–H groups in total. The van der Waals surface area contributed by atoms with Gasteiger partial charge in [0.1, 0.15) is 5.75 Å². The summed E-state index contributed by atoms with van der Waals surface area (Å²) in [5.74, 6) is 0.854. The molecular formula is C13H16Cl2N2O. The highest BCUT2D eigenvalue weighted by Gasteiger charge is 2.03. The molecule has 0 saturated carbocycles. The number of hydrogen-bond donors (Lipinski definition) is 1. The number of nitrogens with two attached hydrogens (primary N) is 1. The second-order valence-electron chi connectivity index (χ2n) is 3.47. The van der Waals surface area contributed by atoms with Gasteiger partial charge in [-0.2, -0.15) is 0 Å². The SMILES string of the molecule is COc1ccc(-c2ccncc2CN)cc1.Cl.Cl. The summed E-state index contributed by atoms with van der Waals surface area (Å²) in [5, 5.41) is 0. The van der Waals surface area contributed by atoms with Gasteiger partial charge in [-0.3, -0.25) is 4.98 Å². The van der Waals surface area contributed by atoms with Gasteiger partial charge in [0.05, 0.1) is 7.11 Å². The minimum Gasteiger partial charge on any atom is -0.497 e. The molecule has 0 aliphatic rings. The molecule has 18 heavy (non-hydrogen) atoms. The normalized spacial score (nSPS) is 9.00. The molecule has 1 heterocycles. The molecule has 0 atom stereocenters. The average molecular weight is 287 g/mol. The number of aromatic nitrogens is 1. The molecule has 1 aromatic heterocycles. The first kappa shape index (κ1) is 16.7. The van der Waals surface area contributed by atoms with Crippen molar-refractivity contribution < 1.29 is 4.74 Å². The highest BCUT2D eigenvalue weighted by atomic mass is 35.5. The second kappa shape index (κ2) is 7.93. The van der Waals surface area contributed by atoms with Gasteiger partial charge >= 0.3 is 0 Å². The lowest BCUT2D eigenvalue weighted by atomic mass is 10.0. The molecule has 0 bridgehead atoms. The maximum atomic E-state index is 5.68. The third kappa shape index (κ3) is 3.60. The molecule has 98 valence electrons. The largest absolute Gasteiger partial charge is 0.497 e. The minimum atomic E-state index is 0. The Morgan fingerprint density at radius 2 is 1.78 bits per heavy atom. The third-order valence-electron chi connectivity index (χ3n) is 2.52. The maximum absolute atomic E-state index is 5.68. The summed E-state index contributed by atoms with van der Waals surface area (Å²) in [5.41, 5.74) is 8.98. The highest BCUT2D eigenvalue weighted by Crippen LogP contribution is 2.24. The zero-order valence-electron chi connectivity index (χ0n) is 10.00. The Kier molecular flexibility index (Phi) is 7.36. The van der Waals surface area contributed by atoms with Crippen LogP contribution in [0.25, 0.3) is 11.1 Å². The van der Waals surface area contributed by atoms with Crippen LogP contribution in [0.5, 0.6) is 5.75 Å². The summed E-state index contributed by atoms with van der Waals surface area (Å²) in [4.78, 5) is 4.07. The van der Waals surface area contributed by atoms with Crippen LogP contribution in [0.15, 0.2) is 42.7 Å². The molecule has 2 rings (SSSR count). The van der Waals surface area contributed by atoms with Gasteiger partial charge in [0.25, 0.3) is 0 Å². The van der Waals surface area contributed by atoms with Crippen molar-refractivity contribution in [2.45, 2.75) is 6.54 Å². The molecule has 2 aromatic rings. The van der Waals surface area contributed by atoms with Gasteiger partial charge in [-0.25, -0.2) is 0 Å². The Morgan fingerprint density at radius 1 is 1.11 bits per heavy atom. The fourth-order valence-corrected chi connectivity index (χ4v) is 1.64. The average Bonchev–Trinajstić information content (AvgIpc) is 2.39. The van der Waals surface area contributed by atoms with Gasteiger partial charge in [-0.05, 0) is 34.9 Å². The highest BCUT2D eigenvalue weighted by molar-refractivity contribution is 5.85. The van der Waals surface area contributed by atoms with Gasteiger partial charge in [0.15, 0.2) is 0 Å². The van der Waals surface area contributed by atoms with Crippen molar-refractivity contribution in [1.82, 2.24) is 4.98 Å². The van der Waals surface area contributed by atoms with Crippen molar-refractivity contribution in [1.29, 1.82) is 0 Å². The van der Waals surface area contributed by atoms with Gasteiger partial charge < -0.3 is 10.5 Å². The topological polar surface area (TPSA) is 48.1 Å². The lowest BCUT2D eigenvalue weighted by Gasteiger charge is -2.07. The molecule has 0 radical (unpaired) electrons. The smallest absolute Gasteiger partial charge is 0.118 e. The molecule has 1 aromatic carbocycles. The van der Waals surface area contributed by atoms with E-state index in [0.29, 0.717) is 6.54 Å². The molecule has 3 nitrogen and oxygen atoms in total. The van der Waals surface area contributed by atoms with Gasteiger partial charge in [0, 0.05) is 18.9 Å². The van der Waals surface area contributed by atoms with Crippen LogP contribution in [-0.2, 0) is 6.54 Å². The van der Waals surface area contributed by atoms with Crippen molar-refractivity contribution in [2.75, 3.05) is 7.11 Å². The minimum absolute atomic E-state index is 0. The van der Waals surface area contributed by atoms with E-state index in [4.69, 9.17) is 10.5 Å². The Hall–Kier alpha value is -1.29. The molecule has 0 fully saturated rings. The third-order valence-corrected chi connectivity index (χ3v) is 2.52. The number of hydrogen-bond acceptors (Lipinski definition) is 3. The van der Waals surface area contributed by atoms with Crippen molar-refractivity contribution in [3.8, 4) is 16.9 Å². The Bertz CT molecular complexity index is 475. The molecule has 5 heteroatoms. The van der Waals surface area contributed by atoms with Crippen LogP contribution in [-0.4, -0.2) is 12.1 Å². The number of nitrogens with zero attached hydrogens (tertiary/aromatic N) is 1. The van der Waals surface area contributed by atoms with Gasteiger partial charge in [-0.15, -0.1) is 24.8 Å². The van der Waals surface area contributed by atoms with Gasteiger partial charge in [0.2, 0.25) is 0 Å². The van der Waals surface area contributed by atoms with E-state index in [1.165, 1.54) is 0 Å². The molecule has 0 aliphatic heterocycles. The molecule has 0 spiro atoms. The van der Waals surface area contributed by atoms with Crippen LogP contribution in [0, 0.1) is 0 Å². The summed E-state index contributed by atoms with van der Waals surface area (Å²) >= 11 is 0. The molecule has 0 amide bonds. The summed E-state index contributed by atoms with van der Waals surface area (Å²) in [7, 11) is 1.66.